The zero-order chi connectivity index (χ0) is 11.0. The van der Waals surface area contributed by atoms with Gasteiger partial charge in [0.1, 0.15) is 0 Å². The Hall–Kier alpha value is -0.120. The molecule has 0 rings (SSSR count). The van der Waals surface area contributed by atoms with Gasteiger partial charge in [0, 0.05) is 18.7 Å². The van der Waals surface area contributed by atoms with E-state index in [1.54, 1.807) is 0 Å². The lowest BCUT2D eigenvalue weighted by molar-refractivity contribution is 0.0973. The summed E-state index contributed by atoms with van der Waals surface area (Å²) in [6.07, 6.45) is 0.924. The summed E-state index contributed by atoms with van der Waals surface area (Å²) in [5.41, 5.74) is -0.152. The summed E-state index contributed by atoms with van der Waals surface area (Å²) >= 11 is 0. The third kappa shape index (κ3) is 6.35. The van der Waals surface area contributed by atoms with Crippen molar-refractivity contribution in [3.63, 3.8) is 0 Å². The summed E-state index contributed by atoms with van der Waals surface area (Å²) in [6.45, 7) is 10.9. The lowest BCUT2D eigenvalue weighted by Gasteiger charge is -2.27. The lowest BCUT2D eigenvalue weighted by Crippen LogP contribution is -2.46. The van der Waals surface area contributed by atoms with Crippen LogP contribution in [0.2, 0.25) is 0 Å². The van der Waals surface area contributed by atoms with E-state index in [-0.39, 0.29) is 12.1 Å². The fourth-order valence-corrected chi connectivity index (χ4v) is 1.04. The molecule has 0 aliphatic rings. The van der Waals surface area contributed by atoms with E-state index in [4.69, 9.17) is 9.84 Å². The number of aliphatic hydroxyl groups excluding tert-OH is 1. The summed E-state index contributed by atoms with van der Waals surface area (Å²) in [4.78, 5) is 0. The first kappa shape index (κ1) is 13.9. The van der Waals surface area contributed by atoms with E-state index < -0.39 is 0 Å². The Morgan fingerprint density at radius 3 is 2.50 bits per heavy atom. The van der Waals surface area contributed by atoms with Gasteiger partial charge in [-0.15, -0.1) is 0 Å². The summed E-state index contributed by atoms with van der Waals surface area (Å²) in [7, 11) is 0. The van der Waals surface area contributed by atoms with Crippen LogP contribution in [0.3, 0.4) is 0 Å². The van der Waals surface area contributed by atoms with Crippen LogP contribution in [0.4, 0.5) is 0 Å². The molecule has 1 unspecified atom stereocenters. The van der Waals surface area contributed by atoms with Gasteiger partial charge in [-0.05, 0) is 19.3 Å². The van der Waals surface area contributed by atoms with Gasteiger partial charge in [-0.25, -0.2) is 0 Å². The molecule has 0 saturated heterocycles. The van der Waals surface area contributed by atoms with Crippen LogP contribution >= 0.6 is 0 Å². The van der Waals surface area contributed by atoms with E-state index in [2.05, 4.69) is 26.1 Å². The number of aliphatic hydroxyl groups is 1. The molecular weight excluding hydrogens is 178 g/mol. The molecule has 2 N–H and O–H groups in total. The van der Waals surface area contributed by atoms with Crippen LogP contribution in [0.15, 0.2) is 0 Å². The van der Waals surface area contributed by atoms with Crippen molar-refractivity contribution in [2.24, 2.45) is 5.92 Å². The Morgan fingerprint density at radius 2 is 2.07 bits per heavy atom. The molecule has 0 bridgehead atoms. The lowest BCUT2D eigenvalue weighted by atomic mass is 10.0. The van der Waals surface area contributed by atoms with Crippen molar-refractivity contribution in [2.75, 3.05) is 26.4 Å². The van der Waals surface area contributed by atoms with Gasteiger partial charge < -0.3 is 15.2 Å². The Kier molecular flexibility index (Phi) is 7.15. The van der Waals surface area contributed by atoms with Gasteiger partial charge in [-0.2, -0.15) is 0 Å². The third-order valence-electron chi connectivity index (χ3n) is 2.38. The van der Waals surface area contributed by atoms with Gasteiger partial charge >= 0.3 is 0 Å². The van der Waals surface area contributed by atoms with Crippen LogP contribution < -0.4 is 5.32 Å². The molecular formula is C11H25NO2. The fraction of sp³-hybridized carbons (Fsp3) is 1.00. The Morgan fingerprint density at radius 1 is 1.43 bits per heavy atom. The zero-order valence-electron chi connectivity index (χ0n) is 9.97. The number of nitrogens with one attached hydrogen (secondary N) is 1. The van der Waals surface area contributed by atoms with Gasteiger partial charge in [0.25, 0.3) is 0 Å². The molecule has 0 aliphatic heterocycles. The second-order valence-corrected chi connectivity index (χ2v) is 4.47. The first-order valence-corrected chi connectivity index (χ1v) is 5.47. The van der Waals surface area contributed by atoms with E-state index >= 15 is 0 Å². The maximum Gasteiger partial charge on any atom is 0.0610 e. The molecule has 0 fully saturated rings. The van der Waals surface area contributed by atoms with Crippen LogP contribution in [0.5, 0.6) is 0 Å². The third-order valence-corrected chi connectivity index (χ3v) is 2.38. The quantitative estimate of drug-likeness (QED) is 0.586. The molecule has 0 aromatic rings. The maximum absolute atomic E-state index is 9.13. The number of rotatable bonds is 8. The SMILES string of the molecule is CCC(C)(CO)NCCOCC(C)C. The molecule has 14 heavy (non-hydrogen) atoms. The summed E-state index contributed by atoms with van der Waals surface area (Å²) < 4.78 is 5.44. The van der Waals surface area contributed by atoms with Gasteiger partial charge in [-0.3, -0.25) is 0 Å². The van der Waals surface area contributed by atoms with E-state index in [1.165, 1.54) is 0 Å². The highest BCUT2D eigenvalue weighted by atomic mass is 16.5. The second-order valence-electron chi connectivity index (χ2n) is 4.47. The Bertz CT molecular complexity index is 133. The first-order valence-electron chi connectivity index (χ1n) is 5.47. The molecule has 0 heterocycles. The molecule has 0 radical (unpaired) electrons. The molecule has 0 spiro atoms. The Balaban J connectivity index is 3.43. The van der Waals surface area contributed by atoms with E-state index in [0.717, 1.165) is 19.6 Å². The van der Waals surface area contributed by atoms with Gasteiger partial charge in [0.05, 0.1) is 13.2 Å². The molecule has 1 atom stereocenters. The predicted molar refractivity (Wildman–Crippen MR) is 59.4 cm³/mol. The highest BCUT2D eigenvalue weighted by Crippen LogP contribution is 2.06. The highest BCUT2D eigenvalue weighted by molar-refractivity contribution is 4.79. The predicted octanol–water partition coefficient (Wildman–Crippen LogP) is 1.41. The topological polar surface area (TPSA) is 41.5 Å². The average Bonchev–Trinajstić information content (AvgIpc) is 2.16. The van der Waals surface area contributed by atoms with Crippen LogP contribution in [0.1, 0.15) is 34.1 Å². The normalized spacial score (nSPS) is 15.9. The highest BCUT2D eigenvalue weighted by Gasteiger charge is 2.18. The number of hydrogen-bond acceptors (Lipinski definition) is 3. The first-order chi connectivity index (χ1) is 6.54. The summed E-state index contributed by atoms with van der Waals surface area (Å²) in [5, 5.41) is 12.4. The summed E-state index contributed by atoms with van der Waals surface area (Å²) in [6, 6.07) is 0. The van der Waals surface area contributed by atoms with Crippen molar-refractivity contribution in [1.82, 2.24) is 5.32 Å². The van der Waals surface area contributed by atoms with Crippen LogP contribution in [-0.2, 0) is 4.74 Å². The molecule has 0 aromatic heterocycles. The van der Waals surface area contributed by atoms with Crippen molar-refractivity contribution < 1.29 is 9.84 Å². The smallest absolute Gasteiger partial charge is 0.0610 e. The minimum atomic E-state index is -0.152. The van der Waals surface area contributed by atoms with E-state index in [1.807, 2.05) is 6.92 Å². The zero-order valence-corrected chi connectivity index (χ0v) is 9.97. The monoisotopic (exact) mass is 203 g/mol. The van der Waals surface area contributed by atoms with E-state index in [0.29, 0.717) is 12.5 Å². The van der Waals surface area contributed by atoms with Crippen molar-refractivity contribution in [3.05, 3.63) is 0 Å². The molecule has 86 valence electrons. The van der Waals surface area contributed by atoms with E-state index in [9.17, 15) is 0 Å². The van der Waals surface area contributed by atoms with Crippen molar-refractivity contribution in [1.29, 1.82) is 0 Å². The molecule has 0 aromatic carbocycles. The van der Waals surface area contributed by atoms with Gasteiger partial charge in [0.2, 0.25) is 0 Å². The van der Waals surface area contributed by atoms with Crippen molar-refractivity contribution >= 4 is 0 Å². The maximum atomic E-state index is 9.13. The molecule has 3 heteroatoms. The largest absolute Gasteiger partial charge is 0.394 e. The molecule has 3 nitrogen and oxygen atoms in total. The van der Waals surface area contributed by atoms with Crippen LogP contribution in [0.25, 0.3) is 0 Å². The molecule has 0 aliphatic carbocycles. The van der Waals surface area contributed by atoms with Crippen molar-refractivity contribution in [3.8, 4) is 0 Å². The second kappa shape index (κ2) is 7.21. The molecule has 0 saturated carbocycles. The average molecular weight is 203 g/mol. The van der Waals surface area contributed by atoms with Gasteiger partial charge in [-0.1, -0.05) is 20.8 Å². The fourth-order valence-electron chi connectivity index (χ4n) is 1.04. The summed E-state index contributed by atoms with van der Waals surface area (Å²) in [5.74, 6) is 0.588. The van der Waals surface area contributed by atoms with Crippen molar-refractivity contribution in [2.45, 2.75) is 39.7 Å². The van der Waals surface area contributed by atoms with Crippen LogP contribution in [-0.4, -0.2) is 37.0 Å². The van der Waals surface area contributed by atoms with Crippen LogP contribution in [0, 0.1) is 5.92 Å². The molecule has 0 amide bonds. The number of hydrogen-bond donors (Lipinski definition) is 2. The minimum Gasteiger partial charge on any atom is -0.394 e. The Labute approximate surface area is 87.8 Å². The minimum absolute atomic E-state index is 0.152. The number of ether oxygens (including phenoxy) is 1. The standard InChI is InChI=1S/C11H25NO2/c1-5-11(4,9-13)12-6-7-14-8-10(2)3/h10,12-13H,5-9H2,1-4H3. The van der Waals surface area contributed by atoms with Gasteiger partial charge in [0.15, 0.2) is 0 Å².